The van der Waals surface area contributed by atoms with Gasteiger partial charge in [-0.15, -0.1) is 0 Å². The van der Waals surface area contributed by atoms with Crippen molar-refractivity contribution in [3.05, 3.63) is 59.0 Å². The third kappa shape index (κ3) is 4.57. The van der Waals surface area contributed by atoms with Crippen LogP contribution in [0.2, 0.25) is 0 Å². The van der Waals surface area contributed by atoms with E-state index in [1.165, 1.54) is 23.0 Å². The molecule has 0 saturated heterocycles. The van der Waals surface area contributed by atoms with E-state index in [0.29, 0.717) is 40.1 Å². The van der Waals surface area contributed by atoms with E-state index in [0.717, 1.165) is 5.52 Å². The summed E-state index contributed by atoms with van der Waals surface area (Å²) in [7, 11) is -2.16. The van der Waals surface area contributed by atoms with Crippen molar-refractivity contribution >= 4 is 37.5 Å². The van der Waals surface area contributed by atoms with Crippen LogP contribution in [0, 0.1) is 0 Å². The zero-order valence-corrected chi connectivity index (χ0v) is 18.2. The number of alkyl halides is 3. The summed E-state index contributed by atoms with van der Waals surface area (Å²) in [5.74, 6) is 4.62. The van der Waals surface area contributed by atoms with Crippen LogP contribution in [0.4, 0.5) is 13.2 Å². The van der Waals surface area contributed by atoms with Gasteiger partial charge in [0.25, 0.3) is 0 Å². The van der Waals surface area contributed by atoms with Gasteiger partial charge in [-0.05, 0) is 40.0 Å². The molecular formula is C21H22F3N5O2S. The zero-order valence-electron chi connectivity index (χ0n) is 17.4. The van der Waals surface area contributed by atoms with Gasteiger partial charge in [0.1, 0.15) is 12.4 Å². The maximum absolute atomic E-state index is 13.1. The van der Waals surface area contributed by atoms with Gasteiger partial charge in [0.05, 0.1) is 34.8 Å². The minimum absolute atomic E-state index is 0.0214. The van der Waals surface area contributed by atoms with Gasteiger partial charge in [0.15, 0.2) is 0 Å². The lowest BCUT2D eigenvalue weighted by Crippen LogP contribution is -2.30. The molecule has 4 rings (SSSR count). The van der Waals surface area contributed by atoms with Gasteiger partial charge < -0.3 is 4.57 Å². The molecule has 0 radical (unpaired) electrons. The monoisotopic (exact) mass is 465 g/mol. The molecule has 1 unspecified atom stereocenters. The molecule has 0 amide bonds. The van der Waals surface area contributed by atoms with Gasteiger partial charge in [-0.2, -0.15) is 13.2 Å². The van der Waals surface area contributed by atoms with E-state index in [4.69, 9.17) is 0 Å². The first-order chi connectivity index (χ1) is 15.0. The number of nitrogens with zero attached hydrogens (tertiary/aromatic N) is 5. The lowest BCUT2D eigenvalue weighted by Gasteiger charge is -2.10. The summed E-state index contributed by atoms with van der Waals surface area (Å²) in [5.41, 5.74) is 1.22. The Kier molecular flexibility index (Phi) is 5.61. The van der Waals surface area contributed by atoms with Crippen molar-refractivity contribution in [2.75, 3.05) is 12.0 Å². The molecule has 0 aliphatic rings. The number of para-hydroxylation sites is 2. The highest BCUT2D eigenvalue weighted by molar-refractivity contribution is 7.99. The average Bonchev–Trinajstić information content (AvgIpc) is 3.17. The second kappa shape index (κ2) is 8.12. The van der Waals surface area contributed by atoms with Crippen molar-refractivity contribution in [1.82, 2.24) is 23.7 Å². The highest BCUT2D eigenvalue weighted by Crippen LogP contribution is 2.22. The number of aryl methyl sites for hydroxylation is 1. The summed E-state index contributed by atoms with van der Waals surface area (Å²) >= 11 is 0. The molecule has 0 aliphatic heterocycles. The highest BCUT2D eigenvalue weighted by Gasteiger charge is 2.31. The number of pyridine rings is 1. The van der Waals surface area contributed by atoms with Crippen LogP contribution in [0.3, 0.4) is 0 Å². The number of rotatable bonds is 7. The third-order valence-electron chi connectivity index (χ3n) is 5.15. The molecule has 170 valence electrons. The van der Waals surface area contributed by atoms with Crippen LogP contribution in [-0.4, -0.2) is 51.9 Å². The Morgan fingerprint density at radius 3 is 2.53 bits per heavy atom. The molecule has 0 spiro atoms. The smallest absolute Gasteiger partial charge is 0.326 e. The summed E-state index contributed by atoms with van der Waals surface area (Å²) in [6, 6.07) is 8.81. The second-order valence-electron chi connectivity index (χ2n) is 7.84. The Labute approximate surface area is 182 Å². The van der Waals surface area contributed by atoms with Crippen molar-refractivity contribution in [2.24, 2.45) is 0 Å². The molecule has 0 saturated carbocycles. The maximum Gasteiger partial charge on any atom is 0.406 e. The van der Waals surface area contributed by atoms with E-state index in [1.807, 2.05) is 28.8 Å². The fourth-order valence-corrected chi connectivity index (χ4v) is 4.56. The Bertz CT molecular complexity index is 1450. The fraction of sp³-hybridized carbons (Fsp3) is 0.333. The number of halogens is 3. The van der Waals surface area contributed by atoms with Crippen molar-refractivity contribution in [2.45, 2.75) is 32.2 Å². The van der Waals surface area contributed by atoms with E-state index < -0.39 is 27.9 Å². The molecule has 11 heteroatoms. The van der Waals surface area contributed by atoms with Gasteiger partial charge in [-0.1, -0.05) is 12.1 Å². The van der Waals surface area contributed by atoms with Crippen LogP contribution >= 0.6 is 0 Å². The molecule has 32 heavy (non-hydrogen) atoms. The number of fused-ring (bicyclic) bond motifs is 2. The first-order valence-corrected chi connectivity index (χ1v) is 12.2. The topological polar surface area (TPSA) is 74.7 Å². The molecule has 0 fully saturated rings. The summed E-state index contributed by atoms with van der Waals surface area (Å²) in [4.78, 5) is 21.6. The fourth-order valence-electron chi connectivity index (χ4n) is 3.82. The molecule has 7 nitrogen and oxygen atoms in total. The standard InChI is InChI=1S/C21H22F3N5O2S/c1-32(2,31)11-5-10-27-16-7-4-3-6-15(16)26-19(27)13-28-18-12-25-9-8-17(18)29(20(28)30)14-21(22,23)24/h3-4,6-9,12H,1,5,10-11,13-14H2,2H3. The lowest BCUT2D eigenvalue weighted by atomic mass is 10.3. The Morgan fingerprint density at radius 2 is 1.81 bits per heavy atom. The molecule has 0 bridgehead atoms. The summed E-state index contributed by atoms with van der Waals surface area (Å²) in [6.45, 7) is -0.916. The molecule has 1 aromatic carbocycles. The van der Waals surface area contributed by atoms with E-state index >= 15 is 0 Å². The normalized spacial score (nSPS) is 14.2. The number of imidazole rings is 2. The van der Waals surface area contributed by atoms with Crippen LogP contribution < -0.4 is 5.69 Å². The van der Waals surface area contributed by atoms with Crippen LogP contribution in [0.1, 0.15) is 12.2 Å². The maximum atomic E-state index is 13.1. The quantitative estimate of drug-likeness (QED) is 0.394. The highest BCUT2D eigenvalue weighted by atomic mass is 32.2. The van der Waals surface area contributed by atoms with Gasteiger partial charge >= 0.3 is 11.9 Å². The lowest BCUT2D eigenvalue weighted by molar-refractivity contribution is -0.140. The number of hydrogen-bond donors (Lipinski definition) is 0. The minimum atomic E-state index is -4.54. The van der Waals surface area contributed by atoms with Gasteiger partial charge in [0, 0.05) is 24.8 Å². The molecule has 0 aliphatic carbocycles. The van der Waals surface area contributed by atoms with Crippen LogP contribution in [0.5, 0.6) is 0 Å². The number of benzene rings is 1. The van der Waals surface area contributed by atoms with E-state index in [1.54, 1.807) is 6.26 Å². The van der Waals surface area contributed by atoms with Crippen molar-refractivity contribution in [3.63, 3.8) is 0 Å². The van der Waals surface area contributed by atoms with Gasteiger partial charge in [0.2, 0.25) is 0 Å². The van der Waals surface area contributed by atoms with Crippen LogP contribution in [-0.2, 0) is 29.2 Å². The van der Waals surface area contributed by atoms with Crippen molar-refractivity contribution in [3.8, 4) is 0 Å². The van der Waals surface area contributed by atoms with E-state index in [9.17, 15) is 22.2 Å². The Morgan fingerprint density at radius 1 is 1.06 bits per heavy atom. The van der Waals surface area contributed by atoms with Crippen molar-refractivity contribution < 1.29 is 17.4 Å². The van der Waals surface area contributed by atoms with E-state index in [-0.39, 0.29) is 12.1 Å². The molecule has 1 atom stereocenters. The number of hydrogen-bond acceptors (Lipinski definition) is 4. The molecule has 3 aromatic heterocycles. The first kappa shape index (κ1) is 22.1. The van der Waals surface area contributed by atoms with Gasteiger partial charge in [-0.3, -0.25) is 18.3 Å². The molecule has 4 aromatic rings. The summed E-state index contributed by atoms with van der Waals surface area (Å²) < 4.78 is 55.1. The number of aromatic nitrogens is 5. The minimum Gasteiger partial charge on any atom is -0.326 e. The first-order valence-electron chi connectivity index (χ1n) is 9.87. The SMILES string of the molecule is C=S(C)(=O)CCCn1c(Cn2c(=O)n(CC(F)(F)F)c3ccncc32)nc2ccccc21. The largest absolute Gasteiger partial charge is 0.406 e. The third-order valence-corrected chi connectivity index (χ3v) is 6.30. The van der Waals surface area contributed by atoms with Crippen LogP contribution in [0.15, 0.2) is 47.5 Å². The average molecular weight is 466 g/mol. The second-order valence-corrected chi connectivity index (χ2v) is 10.6. The predicted molar refractivity (Wildman–Crippen MR) is 120 cm³/mol. The van der Waals surface area contributed by atoms with Gasteiger partial charge in [-0.25, -0.2) is 9.78 Å². The zero-order chi connectivity index (χ0) is 23.1. The summed E-state index contributed by atoms with van der Waals surface area (Å²) in [6.07, 6.45) is 0.377. The Balaban J connectivity index is 1.79. The van der Waals surface area contributed by atoms with Crippen molar-refractivity contribution in [1.29, 1.82) is 0 Å². The molecular weight excluding hydrogens is 443 g/mol. The predicted octanol–water partition coefficient (Wildman–Crippen LogP) is 2.89. The molecule has 0 N–H and O–H groups in total. The summed E-state index contributed by atoms with van der Waals surface area (Å²) in [5, 5.41) is 0. The van der Waals surface area contributed by atoms with Crippen LogP contribution in [0.25, 0.3) is 22.1 Å². The van der Waals surface area contributed by atoms with E-state index in [2.05, 4.69) is 15.8 Å². The Hall–Kier alpha value is -3.08. The molecule has 3 heterocycles.